The van der Waals surface area contributed by atoms with Gasteiger partial charge in [0.1, 0.15) is 0 Å². The zero-order valence-corrected chi connectivity index (χ0v) is 9.58. The van der Waals surface area contributed by atoms with Crippen LogP contribution in [0.1, 0.15) is 13.3 Å². The maximum atomic E-state index is 9.38. The Morgan fingerprint density at radius 1 is 1.40 bits per heavy atom. The van der Waals surface area contributed by atoms with Gasteiger partial charge in [-0.05, 0) is 13.3 Å². The van der Waals surface area contributed by atoms with E-state index >= 15 is 0 Å². The van der Waals surface area contributed by atoms with Crippen LogP contribution < -0.4 is 5.32 Å². The monoisotopic (exact) mass is 217 g/mol. The average molecular weight is 217 g/mol. The van der Waals surface area contributed by atoms with Crippen LogP contribution in [0.5, 0.6) is 0 Å². The highest BCUT2D eigenvalue weighted by molar-refractivity contribution is 4.64. The molecule has 0 saturated carbocycles. The lowest BCUT2D eigenvalue weighted by atomic mass is 10.4. The van der Waals surface area contributed by atoms with E-state index < -0.39 is 6.10 Å². The summed E-state index contributed by atoms with van der Waals surface area (Å²) in [5, 5.41) is 12.5. The normalized spacial score (nSPS) is 12.7. The Balaban J connectivity index is 3.05. The third-order valence-corrected chi connectivity index (χ3v) is 1.78. The molecule has 0 saturated heterocycles. The summed E-state index contributed by atoms with van der Waals surface area (Å²) in [6.07, 6.45) is 2.28. The van der Waals surface area contributed by atoms with Crippen LogP contribution in [-0.4, -0.2) is 50.7 Å². The number of aliphatic hydroxyl groups excluding tert-OH is 1. The molecule has 1 unspecified atom stereocenters. The van der Waals surface area contributed by atoms with Gasteiger partial charge in [0.05, 0.1) is 25.9 Å². The van der Waals surface area contributed by atoms with Gasteiger partial charge in [-0.3, -0.25) is 0 Å². The van der Waals surface area contributed by atoms with E-state index in [9.17, 15) is 5.11 Å². The molecule has 0 radical (unpaired) electrons. The first kappa shape index (κ1) is 14.6. The van der Waals surface area contributed by atoms with Crippen molar-refractivity contribution in [2.75, 3.05) is 39.5 Å². The number of hydrogen-bond acceptors (Lipinski definition) is 4. The first-order valence-corrected chi connectivity index (χ1v) is 5.46. The molecule has 90 valence electrons. The molecule has 0 aromatic heterocycles. The summed E-state index contributed by atoms with van der Waals surface area (Å²) >= 11 is 0. The summed E-state index contributed by atoms with van der Waals surface area (Å²) in [5.41, 5.74) is 0. The zero-order chi connectivity index (χ0) is 11.4. The second kappa shape index (κ2) is 11.7. The second-order valence-corrected chi connectivity index (χ2v) is 3.21. The van der Waals surface area contributed by atoms with Gasteiger partial charge in [0.15, 0.2) is 0 Å². The van der Waals surface area contributed by atoms with Crippen molar-refractivity contribution in [3.63, 3.8) is 0 Å². The molecule has 0 amide bonds. The van der Waals surface area contributed by atoms with Crippen molar-refractivity contribution in [3.8, 4) is 0 Å². The van der Waals surface area contributed by atoms with Crippen LogP contribution >= 0.6 is 0 Å². The zero-order valence-electron chi connectivity index (χ0n) is 9.58. The van der Waals surface area contributed by atoms with Crippen LogP contribution in [0.4, 0.5) is 0 Å². The van der Waals surface area contributed by atoms with Crippen LogP contribution in [0.25, 0.3) is 0 Å². The minimum Gasteiger partial charge on any atom is -0.389 e. The second-order valence-electron chi connectivity index (χ2n) is 3.21. The van der Waals surface area contributed by atoms with E-state index in [0.717, 1.165) is 13.0 Å². The molecule has 0 aliphatic carbocycles. The van der Waals surface area contributed by atoms with Gasteiger partial charge in [0.2, 0.25) is 0 Å². The Kier molecular flexibility index (Phi) is 11.3. The summed E-state index contributed by atoms with van der Waals surface area (Å²) in [7, 11) is 0. The number of aliphatic hydroxyl groups is 1. The van der Waals surface area contributed by atoms with E-state index in [-0.39, 0.29) is 0 Å². The smallest absolute Gasteiger partial charge is 0.0897 e. The minimum atomic E-state index is -0.432. The molecular formula is C11H23NO3. The molecule has 2 N–H and O–H groups in total. The molecular weight excluding hydrogens is 194 g/mol. The van der Waals surface area contributed by atoms with Crippen molar-refractivity contribution in [3.05, 3.63) is 12.7 Å². The van der Waals surface area contributed by atoms with Crippen molar-refractivity contribution in [1.29, 1.82) is 0 Å². The first-order chi connectivity index (χ1) is 7.31. The van der Waals surface area contributed by atoms with E-state index in [0.29, 0.717) is 33.0 Å². The molecule has 0 spiro atoms. The summed E-state index contributed by atoms with van der Waals surface area (Å²) in [5.74, 6) is 0. The number of rotatable bonds is 11. The number of hydrogen-bond donors (Lipinski definition) is 2. The van der Waals surface area contributed by atoms with Crippen LogP contribution in [0.3, 0.4) is 0 Å². The fourth-order valence-corrected chi connectivity index (χ4v) is 0.995. The van der Waals surface area contributed by atoms with Crippen LogP contribution in [0, 0.1) is 0 Å². The molecule has 15 heavy (non-hydrogen) atoms. The Morgan fingerprint density at radius 3 is 2.87 bits per heavy atom. The predicted octanol–water partition coefficient (Wildman–Crippen LogP) is 0.566. The summed E-state index contributed by atoms with van der Waals surface area (Å²) in [6.45, 7) is 9.22. The molecule has 0 heterocycles. The Morgan fingerprint density at radius 2 is 2.20 bits per heavy atom. The molecule has 0 bridgehead atoms. The van der Waals surface area contributed by atoms with Crippen LogP contribution in [-0.2, 0) is 9.47 Å². The lowest BCUT2D eigenvalue weighted by molar-refractivity contribution is 0.0414. The lowest BCUT2D eigenvalue weighted by Crippen LogP contribution is -2.32. The quantitative estimate of drug-likeness (QED) is 0.392. The van der Waals surface area contributed by atoms with E-state index in [1.807, 2.05) is 13.0 Å². The standard InChI is InChI=1S/C11H23NO3/c1-3-5-7-15-8-6-12-9-11(13)10-14-4-2/h3,11-13H,1,4-10H2,2H3. The number of nitrogens with one attached hydrogen (secondary N) is 1. The van der Waals surface area contributed by atoms with Crippen LogP contribution in [0.15, 0.2) is 12.7 Å². The Bertz CT molecular complexity index is 142. The molecule has 4 nitrogen and oxygen atoms in total. The lowest BCUT2D eigenvalue weighted by Gasteiger charge is -2.11. The van der Waals surface area contributed by atoms with E-state index in [4.69, 9.17) is 9.47 Å². The van der Waals surface area contributed by atoms with Crippen molar-refractivity contribution < 1.29 is 14.6 Å². The van der Waals surface area contributed by atoms with Gasteiger partial charge in [-0.15, -0.1) is 6.58 Å². The minimum absolute atomic E-state index is 0.390. The maximum absolute atomic E-state index is 9.38. The van der Waals surface area contributed by atoms with Gasteiger partial charge in [-0.25, -0.2) is 0 Å². The SMILES string of the molecule is C=CCCOCCNCC(O)COCC. The van der Waals surface area contributed by atoms with Crippen molar-refractivity contribution >= 4 is 0 Å². The fraction of sp³-hybridized carbons (Fsp3) is 0.818. The third-order valence-electron chi connectivity index (χ3n) is 1.78. The molecule has 1 atom stereocenters. The van der Waals surface area contributed by atoms with Gasteiger partial charge in [-0.2, -0.15) is 0 Å². The molecule has 0 fully saturated rings. The van der Waals surface area contributed by atoms with E-state index in [1.54, 1.807) is 0 Å². The average Bonchev–Trinajstić information content (AvgIpc) is 2.25. The van der Waals surface area contributed by atoms with Gasteiger partial charge < -0.3 is 19.9 Å². The highest BCUT2D eigenvalue weighted by atomic mass is 16.5. The molecule has 0 aromatic rings. The third kappa shape index (κ3) is 11.5. The first-order valence-electron chi connectivity index (χ1n) is 5.46. The molecule has 0 aliphatic heterocycles. The van der Waals surface area contributed by atoms with E-state index in [2.05, 4.69) is 11.9 Å². The van der Waals surface area contributed by atoms with Crippen molar-refractivity contribution in [2.24, 2.45) is 0 Å². The summed E-state index contributed by atoms with van der Waals surface area (Å²) < 4.78 is 10.4. The van der Waals surface area contributed by atoms with Gasteiger partial charge in [-0.1, -0.05) is 6.08 Å². The number of ether oxygens (including phenoxy) is 2. The summed E-state index contributed by atoms with van der Waals surface area (Å²) in [6, 6.07) is 0. The molecule has 0 rings (SSSR count). The van der Waals surface area contributed by atoms with Crippen LogP contribution in [0.2, 0.25) is 0 Å². The molecule has 0 aromatic carbocycles. The Labute approximate surface area is 92.3 Å². The summed E-state index contributed by atoms with van der Waals surface area (Å²) in [4.78, 5) is 0. The maximum Gasteiger partial charge on any atom is 0.0897 e. The Hall–Kier alpha value is -0.420. The van der Waals surface area contributed by atoms with Gasteiger partial charge in [0.25, 0.3) is 0 Å². The van der Waals surface area contributed by atoms with E-state index in [1.165, 1.54) is 0 Å². The van der Waals surface area contributed by atoms with Crippen molar-refractivity contribution in [1.82, 2.24) is 5.32 Å². The molecule has 0 aliphatic rings. The predicted molar refractivity (Wildman–Crippen MR) is 61.0 cm³/mol. The molecule has 4 heteroatoms. The van der Waals surface area contributed by atoms with Gasteiger partial charge >= 0.3 is 0 Å². The van der Waals surface area contributed by atoms with Crippen molar-refractivity contribution in [2.45, 2.75) is 19.4 Å². The van der Waals surface area contributed by atoms with Gasteiger partial charge in [0, 0.05) is 19.7 Å². The highest BCUT2D eigenvalue weighted by Gasteiger charge is 2.01. The highest BCUT2D eigenvalue weighted by Crippen LogP contribution is 1.84. The fourth-order valence-electron chi connectivity index (χ4n) is 0.995. The largest absolute Gasteiger partial charge is 0.389 e. The topological polar surface area (TPSA) is 50.7 Å².